The average Bonchev–Trinajstić information content (AvgIpc) is 2.42. The van der Waals surface area contributed by atoms with Crippen molar-refractivity contribution in [3.8, 4) is 6.07 Å². The largest absolute Gasteiger partial charge is 0.364 e. The summed E-state index contributed by atoms with van der Waals surface area (Å²) in [6, 6.07) is 2.10. The van der Waals surface area contributed by atoms with Gasteiger partial charge < -0.3 is 15.0 Å². The van der Waals surface area contributed by atoms with Gasteiger partial charge in [-0.1, -0.05) is 0 Å². The molecular weight excluding hydrogens is 280 g/mol. The third-order valence-corrected chi connectivity index (χ3v) is 4.82. The summed E-state index contributed by atoms with van der Waals surface area (Å²) in [4.78, 5) is 16.6. The van der Waals surface area contributed by atoms with E-state index in [1.165, 1.54) is 0 Å². The van der Waals surface area contributed by atoms with Crippen molar-refractivity contribution in [3.63, 3.8) is 0 Å². The van der Waals surface area contributed by atoms with Crippen LogP contribution >= 0.6 is 0 Å². The van der Waals surface area contributed by atoms with E-state index in [2.05, 4.69) is 51.0 Å². The summed E-state index contributed by atoms with van der Waals surface area (Å²) in [7, 11) is 3.68. The van der Waals surface area contributed by atoms with Crippen molar-refractivity contribution >= 4 is 6.03 Å². The Morgan fingerprint density at radius 2 is 1.91 bits per heavy atom. The van der Waals surface area contributed by atoms with Crippen molar-refractivity contribution < 1.29 is 9.53 Å². The van der Waals surface area contributed by atoms with Crippen LogP contribution in [0, 0.1) is 11.3 Å². The highest BCUT2D eigenvalue weighted by molar-refractivity contribution is 5.74. The molecule has 1 aliphatic rings. The summed E-state index contributed by atoms with van der Waals surface area (Å²) >= 11 is 0. The van der Waals surface area contributed by atoms with Crippen molar-refractivity contribution in [3.05, 3.63) is 0 Å². The molecule has 0 aromatic carbocycles. The van der Waals surface area contributed by atoms with Gasteiger partial charge in [0.05, 0.1) is 12.5 Å². The summed E-state index contributed by atoms with van der Waals surface area (Å²) in [5.41, 5.74) is -0.00229. The van der Waals surface area contributed by atoms with Crippen molar-refractivity contribution in [2.75, 3.05) is 27.4 Å². The van der Waals surface area contributed by atoms with Crippen LogP contribution in [0.15, 0.2) is 0 Å². The van der Waals surface area contributed by atoms with E-state index < -0.39 is 0 Å². The first-order valence-electron chi connectivity index (χ1n) is 7.80. The molecule has 1 rings (SSSR count). The second-order valence-corrected chi connectivity index (χ2v) is 7.26. The molecule has 6 heteroatoms. The van der Waals surface area contributed by atoms with E-state index in [4.69, 9.17) is 10.00 Å². The lowest BCUT2D eigenvalue weighted by atomic mass is 9.77. The van der Waals surface area contributed by atoms with Gasteiger partial charge in [0, 0.05) is 30.8 Å². The van der Waals surface area contributed by atoms with Gasteiger partial charge in [0.2, 0.25) is 0 Å². The first-order chi connectivity index (χ1) is 10.2. The Bertz CT molecular complexity index is 410. The summed E-state index contributed by atoms with van der Waals surface area (Å²) < 4.78 is 4.92. The zero-order valence-corrected chi connectivity index (χ0v) is 14.8. The molecule has 0 atom stereocenters. The van der Waals surface area contributed by atoms with Gasteiger partial charge in [-0.25, -0.2) is 4.79 Å². The third kappa shape index (κ3) is 4.34. The zero-order chi connectivity index (χ0) is 17.0. The minimum atomic E-state index is -0.154. The summed E-state index contributed by atoms with van der Waals surface area (Å²) in [6.07, 6.45) is 2.12. The maximum atomic E-state index is 12.4. The van der Waals surface area contributed by atoms with E-state index >= 15 is 0 Å². The van der Waals surface area contributed by atoms with E-state index in [1.54, 1.807) is 12.0 Å². The van der Waals surface area contributed by atoms with E-state index in [0.29, 0.717) is 13.0 Å². The van der Waals surface area contributed by atoms with Gasteiger partial charge in [0.1, 0.15) is 6.73 Å². The van der Waals surface area contributed by atoms with Crippen LogP contribution in [-0.4, -0.2) is 60.4 Å². The van der Waals surface area contributed by atoms with Crippen LogP contribution in [0.1, 0.15) is 47.0 Å². The van der Waals surface area contributed by atoms with E-state index in [0.717, 1.165) is 12.8 Å². The molecule has 0 unspecified atom stereocenters. The Kier molecular flexibility index (Phi) is 6.21. The molecule has 22 heavy (non-hydrogen) atoms. The number of nitrogens with zero attached hydrogens (tertiary/aromatic N) is 3. The number of carbonyl (C=O) groups excluding carboxylic acids is 1. The normalized spacial score (nSPS) is 21.1. The average molecular weight is 310 g/mol. The second kappa shape index (κ2) is 7.30. The fourth-order valence-corrected chi connectivity index (χ4v) is 3.39. The number of methoxy groups -OCH3 is 1. The van der Waals surface area contributed by atoms with Crippen LogP contribution in [0.4, 0.5) is 4.79 Å². The predicted molar refractivity (Wildman–Crippen MR) is 86.3 cm³/mol. The van der Waals surface area contributed by atoms with Gasteiger partial charge in [0.15, 0.2) is 0 Å². The lowest BCUT2D eigenvalue weighted by Crippen LogP contribution is -2.64. The molecule has 1 saturated heterocycles. The fraction of sp³-hybridized carbons (Fsp3) is 0.875. The number of nitriles is 1. The van der Waals surface area contributed by atoms with Crippen LogP contribution in [0.2, 0.25) is 0 Å². The highest BCUT2D eigenvalue weighted by Gasteiger charge is 2.45. The highest BCUT2D eigenvalue weighted by Crippen LogP contribution is 2.38. The van der Waals surface area contributed by atoms with Crippen molar-refractivity contribution in [1.29, 1.82) is 5.26 Å². The summed E-state index contributed by atoms with van der Waals surface area (Å²) in [5, 5.41) is 11.6. The van der Waals surface area contributed by atoms with Crippen LogP contribution in [0.3, 0.4) is 0 Å². The molecule has 0 radical (unpaired) electrons. The van der Waals surface area contributed by atoms with Crippen molar-refractivity contribution in [2.45, 2.75) is 64.1 Å². The van der Waals surface area contributed by atoms with Crippen LogP contribution in [0.25, 0.3) is 0 Å². The molecule has 0 spiro atoms. The van der Waals surface area contributed by atoms with E-state index in [9.17, 15) is 4.79 Å². The van der Waals surface area contributed by atoms with Crippen LogP contribution in [0.5, 0.6) is 0 Å². The highest BCUT2D eigenvalue weighted by atomic mass is 16.5. The Hall–Kier alpha value is -1.32. The SMILES string of the molecule is COCNC(=O)N(CCC#N)C1CC(C)(C)N(C)C(C)(C)C1. The van der Waals surface area contributed by atoms with Crippen molar-refractivity contribution in [2.24, 2.45) is 0 Å². The van der Waals surface area contributed by atoms with Crippen molar-refractivity contribution in [1.82, 2.24) is 15.1 Å². The van der Waals surface area contributed by atoms with Gasteiger partial charge in [-0.05, 0) is 47.6 Å². The van der Waals surface area contributed by atoms with Crippen LogP contribution < -0.4 is 5.32 Å². The Labute approximate surface area is 134 Å². The molecule has 1 heterocycles. The Morgan fingerprint density at radius 1 is 1.36 bits per heavy atom. The number of piperidine rings is 1. The number of ether oxygens (including phenoxy) is 1. The fourth-order valence-electron chi connectivity index (χ4n) is 3.39. The molecule has 1 fully saturated rings. The molecule has 0 aromatic heterocycles. The Morgan fingerprint density at radius 3 is 2.36 bits per heavy atom. The predicted octanol–water partition coefficient (Wildman–Crippen LogP) is 2.17. The number of hydrogen-bond acceptors (Lipinski definition) is 4. The first-order valence-corrected chi connectivity index (χ1v) is 7.80. The number of urea groups is 1. The summed E-state index contributed by atoms with van der Waals surface area (Å²) in [6.45, 7) is 9.45. The van der Waals surface area contributed by atoms with Gasteiger partial charge in [0.25, 0.3) is 0 Å². The van der Waals surface area contributed by atoms with Crippen LogP contribution in [-0.2, 0) is 4.74 Å². The molecule has 1 N–H and O–H groups in total. The van der Waals surface area contributed by atoms with E-state index in [-0.39, 0.29) is 29.9 Å². The molecule has 126 valence electrons. The number of hydrogen-bond donors (Lipinski definition) is 1. The monoisotopic (exact) mass is 310 g/mol. The van der Waals surface area contributed by atoms with Gasteiger partial charge >= 0.3 is 6.03 Å². The van der Waals surface area contributed by atoms with Gasteiger partial charge in [-0.15, -0.1) is 0 Å². The third-order valence-electron chi connectivity index (χ3n) is 4.82. The number of nitrogens with one attached hydrogen (secondary N) is 1. The molecule has 0 bridgehead atoms. The molecule has 0 aliphatic carbocycles. The minimum Gasteiger partial charge on any atom is -0.364 e. The molecular formula is C16H30N4O2. The van der Waals surface area contributed by atoms with E-state index in [1.807, 2.05) is 0 Å². The molecule has 0 aromatic rings. The first kappa shape index (κ1) is 18.7. The standard InChI is InChI=1S/C16H30N4O2/c1-15(2)10-13(11-16(3,4)19(15)5)20(9-7-8-17)14(21)18-12-22-6/h13H,7,9-12H2,1-6H3,(H,18,21). The molecule has 2 amide bonds. The lowest BCUT2D eigenvalue weighted by molar-refractivity contribution is -0.0388. The number of carbonyl (C=O) groups is 1. The number of rotatable bonds is 5. The van der Waals surface area contributed by atoms with Gasteiger partial charge in [-0.3, -0.25) is 4.90 Å². The van der Waals surface area contributed by atoms with Gasteiger partial charge in [-0.2, -0.15) is 5.26 Å². The maximum Gasteiger partial charge on any atom is 0.319 e. The molecule has 1 aliphatic heterocycles. The molecule has 0 saturated carbocycles. The minimum absolute atomic E-state index is 0.00114. The lowest BCUT2D eigenvalue weighted by Gasteiger charge is -2.55. The topological polar surface area (TPSA) is 68.6 Å². The quantitative estimate of drug-likeness (QED) is 0.790. The number of likely N-dealkylation sites (tertiary alicyclic amines) is 1. The number of amides is 2. The zero-order valence-electron chi connectivity index (χ0n) is 14.8. The molecule has 6 nitrogen and oxygen atoms in total. The maximum absolute atomic E-state index is 12.4. The second-order valence-electron chi connectivity index (χ2n) is 7.26. The smallest absolute Gasteiger partial charge is 0.319 e. The Balaban J connectivity index is 2.94. The summed E-state index contributed by atoms with van der Waals surface area (Å²) in [5.74, 6) is 0.